The van der Waals surface area contributed by atoms with Gasteiger partial charge < -0.3 is 9.47 Å². The summed E-state index contributed by atoms with van der Waals surface area (Å²) in [6.45, 7) is 5.93. The molecule has 96 valence electrons. The number of methoxy groups -OCH3 is 1. The second kappa shape index (κ2) is 7.28. The van der Waals surface area contributed by atoms with Crippen LogP contribution in [0.3, 0.4) is 0 Å². The zero-order valence-corrected chi connectivity index (χ0v) is 10.8. The van der Waals surface area contributed by atoms with Gasteiger partial charge in [-0.1, -0.05) is 19.9 Å². The number of halogens is 1. The molecule has 0 unspecified atom stereocenters. The Hall–Kier alpha value is -1.09. The van der Waals surface area contributed by atoms with Crippen molar-refractivity contribution in [2.24, 2.45) is 0 Å². The van der Waals surface area contributed by atoms with Gasteiger partial charge in [0.1, 0.15) is 11.6 Å². The molecule has 0 N–H and O–H groups in total. The molecule has 0 aliphatic carbocycles. The molecule has 0 amide bonds. The predicted molar refractivity (Wildman–Crippen MR) is 67.1 cm³/mol. The zero-order chi connectivity index (χ0) is 12.7. The van der Waals surface area contributed by atoms with Gasteiger partial charge in [0.05, 0.1) is 7.11 Å². The van der Waals surface area contributed by atoms with Crippen LogP contribution in [-0.4, -0.2) is 20.3 Å². The van der Waals surface area contributed by atoms with Crippen LogP contribution in [0, 0.1) is 5.82 Å². The highest BCUT2D eigenvalue weighted by Gasteiger charge is 2.06. The highest BCUT2D eigenvalue weighted by molar-refractivity contribution is 5.30. The SMILES string of the molecule is C1CCOC1.COc1ccc(C(C)C)c(F)c1. The highest BCUT2D eigenvalue weighted by Crippen LogP contribution is 2.22. The molecule has 1 saturated heterocycles. The third-order valence-electron chi connectivity index (χ3n) is 2.66. The predicted octanol–water partition coefficient (Wildman–Crippen LogP) is 3.75. The first-order chi connectivity index (χ1) is 8.15. The number of rotatable bonds is 2. The van der Waals surface area contributed by atoms with E-state index in [1.165, 1.54) is 26.0 Å². The molecule has 1 aromatic rings. The third-order valence-corrected chi connectivity index (χ3v) is 2.66. The van der Waals surface area contributed by atoms with Crippen LogP contribution >= 0.6 is 0 Å². The average molecular weight is 240 g/mol. The molecule has 1 aliphatic rings. The van der Waals surface area contributed by atoms with E-state index in [9.17, 15) is 4.39 Å². The van der Waals surface area contributed by atoms with Gasteiger partial charge in [-0.25, -0.2) is 4.39 Å². The van der Waals surface area contributed by atoms with E-state index < -0.39 is 0 Å². The van der Waals surface area contributed by atoms with Gasteiger partial charge in [-0.3, -0.25) is 0 Å². The van der Waals surface area contributed by atoms with Gasteiger partial charge in [0, 0.05) is 19.3 Å². The number of benzene rings is 1. The van der Waals surface area contributed by atoms with Crippen LogP contribution in [-0.2, 0) is 4.74 Å². The van der Waals surface area contributed by atoms with E-state index in [1.54, 1.807) is 12.1 Å². The first-order valence-electron chi connectivity index (χ1n) is 6.06. The summed E-state index contributed by atoms with van der Waals surface area (Å²) >= 11 is 0. The lowest BCUT2D eigenvalue weighted by Crippen LogP contribution is -1.93. The van der Waals surface area contributed by atoms with E-state index in [0.29, 0.717) is 5.75 Å². The molecule has 1 aromatic carbocycles. The largest absolute Gasteiger partial charge is 0.497 e. The van der Waals surface area contributed by atoms with E-state index in [1.807, 2.05) is 13.8 Å². The summed E-state index contributed by atoms with van der Waals surface area (Å²) in [5.41, 5.74) is 0.732. The smallest absolute Gasteiger partial charge is 0.130 e. The van der Waals surface area contributed by atoms with Gasteiger partial charge in [0.2, 0.25) is 0 Å². The molecule has 2 rings (SSSR count). The van der Waals surface area contributed by atoms with Crippen LogP contribution in [0.4, 0.5) is 4.39 Å². The van der Waals surface area contributed by atoms with Gasteiger partial charge in [0.25, 0.3) is 0 Å². The van der Waals surface area contributed by atoms with Gasteiger partial charge in [-0.2, -0.15) is 0 Å². The van der Waals surface area contributed by atoms with Crippen LogP contribution in [0.25, 0.3) is 0 Å². The molecule has 17 heavy (non-hydrogen) atoms. The van der Waals surface area contributed by atoms with Crippen LogP contribution in [0.1, 0.15) is 38.2 Å². The normalized spacial score (nSPS) is 14.4. The summed E-state index contributed by atoms with van der Waals surface area (Å²) in [5.74, 6) is 0.595. The molecular weight excluding hydrogens is 219 g/mol. The van der Waals surface area contributed by atoms with Crippen molar-refractivity contribution in [2.75, 3.05) is 20.3 Å². The van der Waals surface area contributed by atoms with E-state index >= 15 is 0 Å². The van der Waals surface area contributed by atoms with Crippen molar-refractivity contribution >= 4 is 0 Å². The van der Waals surface area contributed by atoms with E-state index in [4.69, 9.17) is 9.47 Å². The minimum Gasteiger partial charge on any atom is -0.497 e. The van der Waals surface area contributed by atoms with E-state index in [-0.39, 0.29) is 11.7 Å². The summed E-state index contributed by atoms with van der Waals surface area (Å²) in [5, 5.41) is 0. The maximum atomic E-state index is 13.2. The molecule has 1 fully saturated rings. The van der Waals surface area contributed by atoms with E-state index in [0.717, 1.165) is 18.8 Å². The van der Waals surface area contributed by atoms with Crippen molar-refractivity contribution < 1.29 is 13.9 Å². The summed E-state index contributed by atoms with van der Waals surface area (Å²) < 4.78 is 23.0. The number of hydrogen-bond acceptors (Lipinski definition) is 2. The number of hydrogen-bond donors (Lipinski definition) is 0. The minimum absolute atomic E-state index is 0.190. The van der Waals surface area contributed by atoms with E-state index in [2.05, 4.69) is 0 Å². The quantitative estimate of drug-likeness (QED) is 0.783. The maximum absolute atomic E-state index is 13.2. The molecule has 1 heterocycles. The average Bonchev–Trinajstić information content (AvgIpc) is 2.86. The monoisotopic (exact) mass is 240 g/mol. The van der Waals surface area contributed by atoms with Crippen molar-refractivity contribution in [1.29, 1.82) is 0 Å². The fraction of sp³-hybridized carbons (Fsp3) is 0.571. The van der Waals surface area contributed by atoms with Crippen LogP contribution in [0.5, 0.6) is 5.75 Å². The molecular formula is C14H21FO2. The molecule has 0 saturated carbocycles. The van der Waals surface area contributed by atoms with Crippen molar-refractivity contribution in [2.45, 2.75) is 32.6 Å². The summed E-state index contributed by atoms with van der Waals surface area (Å²) in [6.07, 6.45) is 2.56. The summed E-state index contributed by atoms with van der Waals surface area (Å²) in [7, 11) is 1.53. The van der Waals surface area contributed by atoms with Gasteiger partial charge >= 0.3 is 0 Å². The lowest BCUT2D eigenvalue weighted by molar-refractivity contribution is 0.198. The Morgan fingerprint density at radius 1 is 1.24 bits per heavy atom. The lowest BCUT2D eigenvalue weighted by Gasteiger charge is -2.07. The highest BCUT2D eigenvalue weighted by atomic mass is 19.1. The topological polar surface area (TPSA) is 18.5 Å². The Labute approximate surface area is 103 Å². The van der Waals surface area contributed by atoms with Crippen LogP contribution < -0.4 is 4.74 Å². The Kier molecular flexibility index (Phi) is 5.98. The second-order valence-corrected chi connectivity index (χ2v) is 4.36. The molecule has 1 aliphatic heterocycles. The van der Waals surface area contributed by atoms with Crippen molar-refractivity contribution in [1.82, 2.24) is 0 Å². The zero-order valence-electron chi connectivity index (χ0n) is 10.8. The van der Waals surface area contributed by atoms with Crippen LogP contribution in [0.2, 0.25) is 0 Å². The van der Waals surface area contributed by atoms with Gasteiger partial charge in [-0.15, -0.1) is 0 Å². The fourth-order valence-corrected chi connectivity index (χ4v) is 1.61. The molecule has 0 radical (unpaired) electrons. The minimum atomic E-state index is -0.190. The Bertz CT molecular complexity index is 325. The second-order valence-electron chi connectivity index (χ2n) is 4.36. The molecule has 0 bridgehead atoms. The van der Waals surface area contributed by atoms with Crippen molar-refractivity contribution in [3.63, 3.8) is 0 Å². The molecule has 3 heteroatoms. The first kappa shape index (κ1) is 14.0. The fourth-order valence-electron chi connectivity index (χ4n) is 1.61. The van der Waals surface area contributed by atoms with Gasteiger partial charge in [-0.05, 0) is 30.4 Å². The number of ether oxygens (including phenoxy) is 2. The Balaban J connectivity index is 0.000000239. The molecule has 2 nitrogen and oxygen atoms in total. The molecule has 0 atom stereocenters. The maximum Gasteiger partial charge on any atom is 0.130 e. The Morgan fingerprint density at radius 2 is 1.88 bits per heavy atom. The van der Waals surface area contributed by atoms with Crippen molar-refractivity contribution in [3.8, 4) is 5.75 Å². The molecule has 0 spiro atoms. The third kappa shape index (κ3) is 4.73. The molecule has 0 aromatic heterocycles. The van der Waals surface area contributed by atoms with Crippen LogP contribution in [0.15, 0.2) is 18.2 Å². The van der Waals surface area contributed by atoms with Crippen molar-refractivity contribution in [3.05, 3.63) is 29.6 Å². The standard InChI is InChI=1S/C10H13FO.C4H8O/c1-7(2)9-5-4-8(12-3)6-10(9)11;1-2-4-5-3-1/h4-7H,1-3H3;1-4H2. The lowest BCUT2D eigenvalue weighted by atomic mass is 10.0. The summed E-state index contributed by atoms with van der Waals surface area (Å²) in [4.78, 5) is 0. The Morgan fingerprint density at radius 3 is 2.24 bits per heavy atom. The van der Waals surface area contributed by atoms with Gasteiger partial charge in [0.15, 0.2) is 0 Å². The first-order valence-corrected chi connectivity index (χ1v) is 6.06. The summed E-state index contributed by atoms with van der Waals surface area (Å²) in [6, 6.07) is 4.95.